The number of thioether (sulfide) groups is 1. The summed E-state index contributed by atoms with van der Waals surface area (Å²) in [6.45, 7) is 2.18. The van der Waals surface area contributed by atoms with Crippen molar-refractivity contribution in [1.82, 2.24) is 4.90 Å². The number of carbonyl (C=O) groups excluding carboxylic acids is 1. The molecule has 0 N–H and O–H groups in total. The SMILES string of the molecule is CCN1C(=O)/C(=C\c2cc([N+](=O)[O-])c(OC)cc2OC)SC1=Nc1ccc(F)cc1. The fourth-order valence-electron chi connectivity index (χ4n) is 2.80. The van der Waals surface area contributed by atoms with E-state index in [9.17, 15) is 19.3 Å². The van der Waals surface area contributed by atoms with Crippen molar-refractivity contribution in [2.75, 3.05) is 20.8 Å². The van der Waals surface area contributed by atoms with Crippen LogP contribution in [0.15, 0.2) is 46.3 Å². The third-order valence-electron chi connectivity index (χ3n) is 4.27. The van der Waals surface area contributed by atoms with Gasteiger partial charge in [-0.3, -0.25) is 19.8 Å². The van der Waals surface area contributed by atoms with Gasteiger partial charge in [0.25, 0.3) is 5.91 Å². The molecule has 1 amide bonds. The Labute approximate surface area is 176 Å². The molecule has 0 aromatic heterocycles. The minimum absolute atomic E-state index is 0.0538. The molecule has 156 valence electrons. The molecular formula is C20H18FN3O5S. The Morgan fingerprint density at radius 2 is 1.87 bits per heavy atom. The summed E-state index contributed by atoms with van der Waals surface area (Å²) in [5.74, 6) is -0.289. The van der Waals surface area contributed by atoms with Crippen molar-refractivity contribution in [1.29, 1.82) is 0 Å². The van der Waals surface area contributed by atoms with Crippen molar-refractivity contribution in [3.05, 3.63) is 62.8 Å². The van der Waals surface area contributed by atoms with E-state index >= 15 is 0 Å². The number of halogens is 1. The number of likely N-dealkylation sites (N-methyl/N-ethyl adjacent to an activating group) is 1. The van der Waals surface area contributed by atoms with Crippen LogP contribution in [0.3, 0.4) is 0 Å². The monoisotopic (exact) mass is 431 g/mol. The molecular weight excluding hydrogens is 413 g/mol. The average Bonchev–Trinajstić information content (AvgIpc) is 3.03. The predicted molar refractivity (Wildman–Crippen MR) is 113 cm³/mol. The van der Waals surface area contributed by atoms with Gasteiger partial charge in [0, 0.05) is 24.2 Å². The lowest BCUT2D eigenvalue weighted by molar-refractivity contribution is -0.385. The number of rotatable bonds is 6. The van der Waals surface area contributed by atoms with Gasteiger partial charge in [0.15, 0.2) is 5.17 Å². The van der Waals surface area contributed by atoms with Crippen LogP contribution in [0, 0.1) is 15.9 Å². The standard InChI is InChI=1S/C20H18FN3O5S/c1-4-23-19(25)18(30-20(23)22-14-7-5-13(21)6-8-14)10-12-9-15(24(26)27)17(29-3)11-16(12)28-2/h5-11H,4H2,1-3H3/b18-10+,22-20?. The molecule has 0 spiro atoms. The largest absolute Gasteiger partial charge is 0.496 e. The van der Waals surface area contributed by atoms with Crippen molar-refractivity contribution in [3.8, 4) is 11.5 Å². The number of amides is 1. The molecule has 2 aromatic carbocycles. The number of aliphatic imine (C=N–C) groups is 1. The maximum atomic E-state index is 13.1. The molecule has 1 saturated heterocycles. The third kappa shape index (κ3) is 4.28. The van der Waals surface area contributed by atoms with E-state index in [-0.39, 0.29) is 23.2 Å². The summed E-state index contributed by atoms with van der Waals surface area (Å²) < 4.78 is 23.5. The van der Waals surface area contributed by atoms with Crippen LogP contribution < -0.4 is 9.47 Å². The summed E-state index contributed by atoms with van der Waals surface area (Å²) in [6, 6.07) is 8.30. The zero-order valence-electron chi connectivity index (χ0n) is 16.4. The highest BCUT2D eigenvalue weighted by Crippen LogP contribution is 2.39. The first-order valence-corrected chi connectivity index (χ1v) is 9.65. The predicted octanol–water partition coefficient (Wildman–Crippen LogP) is 4.38. The van der Waals surface area contributed by atoms with E-state index in [0.29, 0.717) is 33.6 Å². The second-order valence-corrected chi connectivity index (χ2v) is 7.06. The highest BCUT2D eigenvalue weighted by molar-refractivity contribution is 8.18. The highest BCUT2D eigenvalue weighted by atomic mass is 32.2. The summed E-state index contributed by atoms with van der Waals surface area (Å²) in [7, 11) is 2.75. The summed E-state index contributed by atoms with van der Waals surface area (Å²) >= 11 is 1.13. The van der Waals surface area contributed by atoms with E-state index in [1.807, 2.05) is 0 Å². The number of hydrogen-bond donors (Lipinski definition) is 0. The number of methoxy groups -OCH3 is 2. The van der Waals surface area contributed by atoms with Gasteiger partial charge in [0.2, 0.25) is 5.75 Å². The number of amidine groups is 1. The molecule has 0 bridgehead atoms. The van der Waals surface area contributed by atoms with Crippen LogP contribution in [0.25, 0.3) is 6.08 Å². The van der Waals surface area contributed by atoms with Gasteiger partial charge in [0.05, 0.1) is 29.7 Å². The van der Waals surface area contributed by atoms with Crippen molar-refractivity contribution in [2.24, 2.45) is 4.99 Å². The lowest BCUT2D eigenvalue weighted by atomic mass is 10.1. The molecule has 2 aromatic rings. The average molecular weight is 431 g/mol. The first-order valence-electron chi connectivity index (χ1n) is 8.84. The third-order valence-corrected chi connectivity index (χ3v) is 5.28. The van der Waals surface area contributed by atoms with Crippen molar-refractivity contribution < 1.29 is 23.6 Å². The van der Waals surface area contributed by atoms with Gasteiger partial charge in [-0.1, -0.05) is 0 Å². The molecule has 0 aliphatic carbocycles. The van der Waals surface area contributed by atoms with Gasteiger partial charge in [-0.2, -0.15) is 0 Å². The van der Waals surface area contributed by atoms with Gasteiger partial charge >= 0.3 is 5.69 Å². The minimum atomic E-state index is -0.566. The maximum Gasteiger partial charge on any atom is 0.311 e. The molecule has 3 rings (SSSR count). The fourth-order valence-corrected chi connectivity index (χ4v) is 3.85. The molecule has 8 nitrogen and oxygen atoms in total. The Bertz CT molecular complexity index is 1050. The van der Waals surface area contributed by atoms with E-state index in [4.69, 9.17) is 9.47 Å². The van der Waals surface area contributed by atoms with Crippen molar-refractivity contribution in [2.45, 2.75) is 6.92 Å². The van der Waals surface area contributed by atoms with Crippen LogP contribution in [0.5, 0.6) is 11.5 Å². The second kappa shape index (κ2) is 8.95. The summed E-state index contributed by atoms with van der Waals surface area (Å²) in [4.78, 5) is 29.9. The van der Waals surface area contributed by atoms with E-state index < -0.39 is 4.92 Å². The first kappa shape index (κ1) is 21.3. The first-order chi connectivity index (χ1) is 14.4. The molecule has 1 fully saturated rings. The molecule has 10 heteroatoms. The van der Waals surface area contributed by atoms with Crippen molar-refractivity contribution in [3.63, 3.8) is 0 Å². The normalized spacial score (nSPS) is 16.4. The lowest BCUT2D eigenvalue weighted by Gasteiger charge is -2.12. The summed E-state index contributed by atoms with van der Waals surface area (Å²) in [5, 5.41) is 11.8. The number of nitrogens with zero attached hydrogens (tertiary/aromatic N) is 3. The molecule has 1 aliphatic heterocycles. The van der Waals surface area contributed by atoms with Crippen LogP contribution in [0.2, 0.25) is 0 Å². The summed E-state index contributed by atoms with van der Waals surface area (Å²) in [6.07, 6.45) is 1.52. The molecule has 0 radical (unpaired) electrons. The van der Waals surface area contributed by atoms with Gasteiger partial charge in [-0.15, -0.1) is 0 Å². The second-order valence-electron chi connectivity index (χ2n) is 6.05. The number of benzene rings is 2. The number of nitro benzene ring substituents is 1. The Morgan fingerprint density at radius 1 is 1.20 bits per heavy atom. The fraction of sp³-hybridized carbons (Fsp3) is 0.200. The molecule has 0 unspecified atom stereocenters. The Morgan fingerprint density at radius 3 is 2.43 bits per heavy atom. The van der Waals surface area contributed by atoms with E-state index in [0.717, 1.165) is 11.8 Å². The van der Waals surface area contributed by atoms with E-state index in [2.05, 4.69) is 4.99 Å². The van der Waals surface area contributed by atoms with E-state index in [1.54, 1.807) is 6.92 Å². The summed E-state index contributed by atoms with van der Waals surface area (Å²) in [5.41, 5.74) is 0.622. The Hall–Kier alpha value is -3.40. The molecule has 1 aliphatic rings. The number of nitro groups is 1. The van der Waals surface area contributed by atoms with Crippen LogP contribution in [-0.2, 0) is 4.79 Å². The van der Waals surface area contributed by atoms with Gasteiger partial charge in [-0.25, -0.2) is 9.38 Å². The number of ether oxygens (including phenoxy) is 2. The molecule has 0 saturated carbocycles. The zero-order valence-corrected chi connectivity index (χ0v) is 17.2. The molecule has 1 heterocycles. The topological polar surface area (TPSA) is 94.3 Å². The molecule has 0 atom stereocenters. The van der Waals surface area contributed by atoms with Crippen LogP contribution in [0.4, 0.5) is 15.8 Å². The smallest absolute Gasteiger partial charge is 0.311 e. The number of hydrogen-bond acceptors (Lipinski definition) is 7. The van der Waals surface area contributed by atoms with Gasteiger partial charge < -0.3 is 9.47 Å². The van der Waals surface area contributed by atoms with Crippen molar-refractivity contribution >= 4 is 40.3 Å². The Balaban J connectivity index is 2.03. The van der Waals surface area contributed by atoms with Crippen LogP contribution >= 0.6 is 11.8 Å². The van der Waals surface area contributed by atoms with Crippen LogP contribution in [-0.4, -0.2) is 41.7 Å². The lowest BCUT2D eigenvalue weighted by Crippen LogP contribution is -2.28. The quantitative estimate of drug-likeness (QED) is 0.383. The molecule has 30 heavy (non-hydrogen) atoms. The minimum Gasteiger partial charge on any atom is -0.496 e. The Kier molecular flexibility index (Phi) is 6.36. The maximum absolute atomic E-state index is 13.1. The highest BCUT2D eigenvalue weighted by Gasteiger charge is 2.33. The van der Waals surface area contributed by atoms with Gasteiger partial charge in [0.1, 0.15) is 11.6 Å². The van der Waals surface area contributed by atoms with E-state index in [1.165, 1.54) is 61.6 Å². The zero-order chi connectivity index (χ0) is 21.8. The van der Waals surface area contributed by atoms with Crippen LogP contribution in [0.1, 0.15) is 12.5 Å². The number of carbonyl (C=O) groups is 1. The van der Waals surface area contributed by atoms with Gasteiger partial charge in [-0.05, 0) is 49.0 Å².